The van der Waals surface area contributed by atoms with Gasteiger partial charge in [0.05, 0.1) is 0 Å². The Morgan fingerprint density at radius 3 is 2.69 bits per heavy atom. The minimum atomic E-state index is -0.178. The molecule has 0 saturated heterocycles. The molecule has 0 aliphatic carbocycles. The average Bonchev–Trinajstić information content (AvgIpc) is 3.28. The molecule has 1 aromatic carbocycles. The monoisotopic (exact) mass is 366 g/mol. The number of rotatable bonds is 4. The largest absolute Gasteiger partial charge is 0.334 e. The minimum Gasteiger partial charge on any atom is -0.334 e. The highest BCUT2D eigenvalue weighted by molar-refractivity contribution is 7.14. The van der Waals surface area contributed by atoms with Crippen molar-refractivity contribution in [2.45, 2.75) is 19.5 Å². The molecule has 2 amide bonds. The zero-order valence-corrected chi connectivity index (χ0v) is 15.6. The molecular weight excluding hydrogens is 344 g/mol. The lowest BCUT2D eigenvalue weighted by Crippen LogP contribution is -2.30. The van der Waals surface area contributed by atoms with Crippen molar-refractivity contribution in [3.63, 3.8) is 0 Å². The zero-order valence-electron chi connectivity index (χ0n) is 14.7. The minimum absolute atomic E-state index is 0.178. The van der Waals surface area contributed by atoms with Crippen molar-refractivity contribution in [1.29, 1.82) is 0 Å². The standard InChI is InChI=1S/C20H22N4OS/c1-23-12-9-16-17(13-21-20(25)22-15-7-3-2-4-8-15)19(26-18(16)14-23)24-10-5-6-11-24/h2-8,10-11H,9,12-14H2,1H3,(H2,21,22,25). The summed E-state index contributed by atoms with van der Waals surface area (Å²) in [6, 6.07) is 13.4. The maximum absolute atomic E-state index is 12.3. The van der Waals surface area contributed by atoms with Gasteiger partial charge >= 0.3 is 6.03 Å². The van der Waals surface area contributed by atoms with E-state index in [-0.39, 0.29) is 6.03 Å². The summed E-state index contributed by atoms with van der Waals surface area (Å²) in [4.78, 5) is 16.0. The van der Waals surface area contributed by atoms with Crippen LogP contribution in [0.4, 0.5) is 10.5 Å². The van der Waals surface area contributed by atoms with Crippen molar-refractivity contribution in [2.24, 2.45) is 0 Å². The van der Waals surface area contributed by atoms with Crippen LogP contribution < -0.4 is 10.6 Å². The fraction of sp³-hybridized carbons (Fsp3) is 0.250. The van der Waals surface area contributed by atoms with E-state index in [0.717, 1.165) is 25.2 Å². The molecular formula is C20H22N4OS. The maximum atomic E-state index is 12.3. The zero-order chi connectivity index (χ0) is 17.9. The molecule has 2 aromatic heterocycles. The third-order valence-corrected chi connectivity index (χ3v) is 5.90. The molecule has 134 valence electrons. The van der Waals surface area contributed by atoms with Gasteiger partial charge in [-0.15, -0.1) is 11.3 Å². The van der Waals surface area contributed by atoms with Crippen molar-refractivity contribution in [3.8, 4) is 5.00 Å². The molecule has 6 heteroatoms. The summed E-state index contributed by atoms with van der Waals surface area (Å²) >= 11 is 1.83. The SMILES string of the molecule is CN1CCc2c(sc(-n3cccc3)c2CNC(=O)Nc2ccccc2)C1. The molecule has 4 rings (SSSR count). The van der Waals surface area contributed by atoms with E-state index in [1.165, 1.54) is 21.0 Å². The summed E-state index contributed by atoms with van der Waals surface area (Å²) in [6.07, 6.45) is 5.16. The van der Waals surface area contributed by atoms with E-state index in [1.54, 1.807) is 0 Å². The number of hydrogen-bond donors (Lipinski definition) is 2. The third kappa shape index (κ3) is 3.52. The molecule has 5 nitrogen and oxygen atoms in total. The first-order valence-electron chi connectivity index (χ1n) is 8.76. The first-order valence-corrected chi connectivity index (χ1v) is 9.57. The molecule has 1 aliphatic heterocycles. The van der Waals surface area contributed by atoms with Gasteiger partial charge in [-0.3, -0.25) is 0 Å². The number of anilines is 1. The van der Waals surface area contributed by atoms with Gasteiger partial charge in [0, 0.05) is 48.2 Å². The van der Waals surface area contributed by atoms with E-state index < -0.39 is 0 Å². The quantitative estimate of drug-likeness (QED) is 0.737. The van der Waals surface area contributed by atoms with Gasteiger partial charge in [-0.1, -0.05) is 18.2 Å². The number of nitrogens with one attached hydrogen (secondary N) is 2. The average molecular weight is 366 g/mol. The normalized spacial score (nSPS) is 14.0. The predicted octanol–water partition coefficient (Wildman–Crippen LogP) is 3.85. The Morgan fingerprint density at radius 1 is 1.15 bits per heavy atom. The number of thiophene rings is 1. The molecule has 0 atom stereocenters. The Labute approximate surface area is 157 Å². The third-order valence-electron chi connectivity index (χ3n) is 4.63. The number of carbonyl (C=O) groups excluding carboxylic acids is 1. The number of urea groups is 1. The van der Waals surface area contributed by atoms with Gasteiger partial charge in [0.25, 0.3) is 0 Å². The van der Waals surface area contributed by atoms with Crippen LogP contribution in [-0.4, -0.2) is 29.1 Å². The van der Waals surface area contributed by atoms with Gasteiger partial charge in [-0.2, -0.15) is 0 Å². The highest BCUT2D eigenvalue weighted by atomic mass is 32.1. The lowest BCUT2D eigenvalue weighted by atomic mass is 10.0. The van der Waals surface area contributed by atoms with Crippen LogP contribution >= 0.6 is 11.3 Å². The first-order chi connectivity index (χ1) is 12.7. The van der Waals surface area contributed by atoms with Crippen molar-refractivity contribution in [3.05, 3.63) is 70.9 Å². The van der Waals surface area contributed by atoms with Crippen molar-refractivity contribution in [2.75, 3.05) is 18.9 Å². The molecule has 3 aromatic rings. The second-order valence-corrected chi connectivity index (χ2v) is 7.62. The second-order valence-electron chi connectivity index (χ2n) is 6.54. The predicted molar refractivity (Wildman–Crippen MR) is 106 cm³/mol. The molecule has 0 unspecified atom stereocenters. The van der Waals surface area contributed by atoms with Crippen LogP contribution in [0.2, 0.25) is 0 Å². The van der Waals surface area contributed by atoms with Crippen LogP contribution in [-0.2, 0) is 19.5 Å². The van der Waals surface area contributed by atoms with Crippen molar-refractivity contribution < 1.29 is 4.79 Å². The molecule has 1 aliphatic rings. The Bertz CT molecular complexity index is 886. The van der Waals surface area contributed by atoms with Crippen molar-refractivity contribution >= 4 is 23.1 Å². The highest BCUT2D eigenvalue weighted by Crippen LogP contribution is 2.35. The Balaban J connectivity index is 1.54. The van der Waals surface area contributed by atoms with Gasteiger partial charge in [0.1, 0.15) is 5.00 Å². The van der Waals surface area contributed by atoms with Crippen molar-refractivity contribution in [1.82, 2.24) is 14.8 Å². The number of carbonyl (C=O) groups is 1. The number of aromatic nitrogens is 1. The lowest BCUT2D eigenvalue weighted by molar-refractivity contribution is 0.251. The number of hydrogen-bond acceptors (Lipinski definition) is 3. The number of amides is 2. The highest BCUT2D eigenvalue weighted by Gasteiger charge is 2.23. The smallest absolute Gasteiger partial charge is 0.319 e. The van der Waals surface area contributed by atoms with E-state index in [2.05, 4.69) is 39.5 Å². The molecule has 2 N–H and O–H groups in total. The van der Waals surface area contributed by atoms with Gasteiger partial charge in [0.2, 0.25) is 0 Å². The van der Waals surface area contributed by atoms with Crippen LogP contribution in [0.3, 0.4) is 0 Å². The van der Waals surface area contributed by atoms with Crippen LogP contribution in [0.25, 0.3) is 5.00 Å². The van der Waals surface area contributed by atoms with E-state index in [9.17, 15) is 4.79 Å². The topological polar surface area (TPSA) is 49.3 Å². The van der Waals surface area contributed by atoms with E-state index in [0.29, 0.717) is 6.54 Å². The number of fused-ring (bicyclic) bond motifs is 1. The van der Waals surface area contributed by atoms with E-state index in [1.807, 2.05) is 53.8 Å². The van der Waals surface area contributed by atoms with Crippen LogP contribution in [0.5, 0.6) is 0 Å². The number of para-hydroxylation sites is 1. The molecule has 0 saturated carbocycles. The van der Waals surface area contributed by atoms with Gasteiger partial charge < -0.3 is 20.1 Å². The molecule has 0 radical (unpaired) electrons. The summed E-state index contributed by atoms with van der Waals surface area (Å²) in [5, 5.41) is 7.11. The lowest BCUT2D eigenvalue weighted by Gasteiger charge is -2.22. The summed E-state index contributed by atoms with van der Waals surface area (Å²) in [6.45, 7) is 2.56. The Hall–Kier alpha value is -2.57. The van der Waals surface area contributed by atoms with Gasteiger partial charge in [0.15, 0.2) is 0 Å². The van der Waals surface area contributed by atoms with E-state index in [4.69, 9.17) is 0 Å². The number of nitrogens with zero attached hydrogens (tertiary/aromatic N) is 2. The van der Waals surface area contributed by atoms with Crippen LogP contribution in [0.15, 0.2) is 54.9 Å². The molecule has 0 bridgehead atoms. The first kappa shape index (κ1) is 16.9. The summed E-state index contributed by atoms with van der Waals surface area (Å²) in [7, 11) is 2.16. The summed E-state index contributed by atoms with van der Waals surface area (Å²) in [5.41, 5.74) is 3.43. The summed E-state index contributed by atoms with van der Waals surface area (Å²) < 4.78 is 2.15. The number of benzene rings is 1. The maximum Gasteiger partial charge on any atom is 0.319 e. The molecule has 3 heterocycles. The van der Waals surface area contributed by atoms with E-state index >= 15 is 0 Å². The molecule has 26 heavy (non-hydrogen) atoms. The Morgan fingerprint density at radius 2 is 1.92 bits per heavy atom. The van der Waals surface area contributed by atoms with Crippen LogP contribution in [0.1, 0.15) is 16.0 Å². The fourth-order valence-corrected chi connectivity index (χ4v) is 4.72. The fourth-order valence-electron chi connectivity index (χ4n) is 3.31. The number of likely N-dealkylation sites (N-methyl/N-ethyl adjacent to an activating group) is 1. The summed E-state index contributed by atoms with van der Waals surface area (Å²) in [5.74, 6) is 0. The van der Waals surface area contributed by atoms with Crippen LogP contribution in [0, 0.1) is 0 Å². The molecule has 0 fully saturated rings. The molecule has 0 spiro atoms. The van der Waals surface area contributed by atoms with Gasteiger partial charge in [-0.05, 0) is 43.3 Å². The second kappa shape index (κ2) is 7.35. The Kier molecular flexibility index (Phi) is 4.77. The van der Waals surface area contributed by atoms with Gasteiger partial charge in [-0.25, -0.2) is 4.79 Å².